The maximum absolute atomic E-state index is 7.72. The largest absolute Gasteiger partial charge is 0.456 e. The van der Waals surface area contributed by atoms with E-state index in [9.17, 15) is 0 Å². The van der Waals surface area contributed by atoms with Crippen LogP contribution in [0.1, 0.15) is 73.9 Å². The highest BCUT2D eigenvalue weighted by Gasteiger charge is 2.51. The molecule has 0 N–H and O–H groups in total. The molecule has 9 aromatic carbocycles. The zero-order valence-electron chi connectivity index (χ0n) is 42.0. The third kappa shape index (κ3) is 6.13. The molecule has 5 heterocycles. The van der Waals surface area contributed by atoms with E-state index in [1.54, 1.807) is 0 Å². The summed E-state index contributed by atoms with van der Waals surface area (Å²) < 4.78 is 18.0. The number of rotatable bonds is 4. The molecule has 0 unspecified atom stereocenters. The minimum absolute atomic E-state index is 0.0625. The molecule has 4 aliphatic heterocycles. The topological polar surface area (TPSA) is 26.6 Å². The van der Waals surface area contributed by atoms with Crippen molar-refractivity contribution >= 4 is 85.1 Å². The summed E-state index contributed by atoms with van der Waals surface area (Å²) in [4.78, 5) is 2.48. The van der Waals surface area contributed by atoms with Crippen LogP contribution in [0.2, 0.25) is 0 Å². The summed E-state index contributed by atoms with van der Waals surface area (Å²) >= 11 is 0. The number of fused-ring (bicyclic) bond motifs is 13. The van der Waals surface area contributed by atoms with Gasteiger partial charge in [-0.05, 0) is 143 Å². The smallest absolute Gasteiger partial charge is 0.256 e. The molecule has 4 aliphatic rings. The molecule has 71 heavy (non-hydrogen) atoms. The number of nitrogens with zero attached hydrogens (tertiary/aromatic N) is 2. The SMILES string of the molecule is Cc1ccc(N2c3ccc(C)cc3B3c4cc(-c5ccc(C(C)(C)C)cc5)ccc4Oc4c3c2c2c3c4-n4c5ccc(C)cc5c5cc(C)cc(c54)B3c3cc(-c4ccc(C(C)C)cc4)ccc3O2)cc1. The van der Waals surface area contributed by atoms with Crippen molar-refractivity contribution in [1.82, 2.24) is 4.57 Å². The van der Waals surface area contributed by atoms with E-state index in [2.05, 4.69) is 230 Å². The minimum Gasteiger partial charge on any atom is -0.456 e. The normalized spacial score (nSPS) is 13.7. The van der Waals surface area contributed by atoms with Crippen molar-refractivity contribution in [3.63, 3.8) is 0 Å². The molecule has 0 radical (unpaired) electrons. The van der Waals surface area contributed by atoms with Crippen LogP contribution >= 0.6 is 0 Å². The molecule has 0 fully saturated rings. The highest BCUT2D eigenvalue weighted by atomic mass is 16.5. The van der Waals surface area contributed by atoms with E-state index >= 15 is 0 Å². The molecule has 10 aromatic rings. The molecule has 0 spiro atoms. The minimum atomic E-state index is -0.158. The van der Waals surface area contributed by atoms with E-state index in [0.717, 1.165) is 62.1 Å². The number of hydrogen-bond donors (Lipinski definition) is 0. The summed E-state index contributed by atoms with van der Waals surface area (Å²) in [7, 11) is 0. The van der Waals surface area contributed by atoms with Crippen LogP contribution in [0.3, 0.4) is 0 Å². The van der Waals surface area contributed by atoms with Crippen molar-refractivity contribution in [3.8, 4) is 50.9 Å². The fraction of sp³-hybridized carbons (Fsp3) is 0.169. The average molecular weight is 917 g/mol. The Morgan fingerprint density at radius 2 is 1.00 bits per heavy atom. The van der Waals surface area contributed by atoms with Gasteiger partial charge in [0.05, 0.1) is 16.9 Å². The molecule has 342 valence electrons. The van der Waals surface area contributed by atoms with Gasteiger partial charge in [0.2, 0.25) is 0 Å². The van der Waals surface area contributed by atoms with Crippen LogP contribution in [0, 0.1) is 27.7 Å². The second-order valence-electron chi connectivity index (χ2n) is 22.2. The number of benzene rings is 9. The van der Waals surface area contributed by atoms with E-state index in [1.807, 2.05) is 0 Å². The van der Waals surface area contributed by atoms with E-state index < -0.39 is 0 Å². The third-order valence-electron chi connectivity index (χ3n) is 16.0. The van der Waals surface area contributed by atoms with E-state index in [4.69, 9.17) is 9.47 Å². The summed E-state index contributed by atoms with van der Waals surface area (Å²) in [6, 6.07) is 59.8. The van der Waals surface area contributed by atoms with Crippen molar-refractivity contribution < 1.29 is 9.47 Å². The molecular formula is C65H54B2N2O2. The summed E-state index contributed by atoms with van der Waals surface area (Å²) in [6.45, 7) is 19.9. The van der Waals surface area contributed by atoms with Crippen LogP contribution in [0.5, 0.6) is 23.0 Å². The molecule has 0 bridgehead atoms. The fourth-order valence-electron chi connectivity index (χ4n) is 12.5. The first-order valence-corrected chi connectivity index (χ1v) is 25.4. The molecule has 4 nitrogen and oxygen atoms in total. The van der Waals surface area contributed by atoms with Crippen LogP contribution < -0.4 is 47.2 Å². The predicted octanol–water partition coefficient (Wildman–Crippen LogP) is 13.1. The lowest BCUT2D eigenvalue weighted by Gasteiger charge is -2.45. The number of hydrogen-bond acceptors (Lipinski definition) is 3. The molecule has 0 saturated heterocycles. The van der Waals surface area contributed by atoms with Gasteiger partial charge in [-0.1, -0.05) is 166 Å². The summed E-state index contributed by atoms with van der Waals surface area (Å²) in [6.07, 6.45) is 0. The Kier molecular flexibility index (Phi) is 8.87. The molecule has 0 aliphatic carbocycles. The van der Waals surface area contributed by atoms with Gasteiger partial charge in [0.15, 0.2) is 0 Å². The fourth-order valence-corrected chi connectivity index (χ4v) is 12.5. The van der Waals surface area contributed by atoms with Crippen LogP contribution in [0.4, 0.5) is 17.1 Å². The van der Waals surface area contributed by atoms with Gasteiger partial charge < -0.3 is 18.9 Å². The van der Waals surface area contributed by atoms with Crippen LogP contribution in [-0.2, 0) is 5.41 Å². The molecular weight excluding hydrogens is 862 g/mol. The first kappa shape index (κ1) is 42.2. The Labute approximate surface area is 417 Å². The maximum atomic E-state index is 7.72. The Balaban J connectivity index is 1.11. The molecule has 0 saturated carbocycles. The lowest BCUT2D eigenvalue weighted by atomic mass is 9.31. The summed E-state index contributed by atoms with van der Waals surface area (Å²) in [5.74, 6) is 4.01. The summed E-state index contributed by atoms with van der Waals surface area (Å²) in [5.41, 5.74) is 26.2. The van der Waals surface area contributed by atoms with Gasteiger partial charge in [0.1, 0.15) is 23.0 Å². The Morgan fingerprint density at radius 3 is 1.65 bits per heavy atom. The maximum Gasteiger partial charge on any atom is 0.256 e. The van der Waals surface area contributed by atoms with Crippen molar-refractivity contribution in [3.05, 3.63) is 191 Å². The van der Waals surface area contributed by atoms with Crippen LogP contribution in [0.25, 0.3) is 49.7 Å². The Morgan fingerprint density at radius 1 is 0.465 bits per heavy atom. The molecule has 0 atom stereocenters. The second kappa shape index (κ2) is 14.9. The van der Waals surface area contributed by atoms with Crippen molar-refractivity contribution in [2.45, 2.75) is 73.6 Å². The Bertz CT molecular complexity index is 3930. The van der Waals surface area contributed by atoms with Crippen molar-refractivity contribution in [2.24, 2.45) is 0 Å². The van der Waals surface area contributed by atoms with E-state index in [-0.39, 0.29) is 18.8 Å². The molecule has 0 amide bonds. The van der Waals surface area contributed by atoms with Gasteiger partial charge in [-0.2, -0.15) is 0 Å². The highest BCUT2D eigenvalue weighted by molar-refractivity contribution is 7.02. The zero-order valence-corrected chi connectivity index (χ0v) is 42.0. The van der Waals surface area contributed by atoms with Gasteiger partial charge in [0.25, 0.3) is 13.4 Å². The standard InChI is InChI=1S/C65H54B2N2O2/c1-36(2)41-14-16-42(17-15-41)44-20-29-57-52(35-44)67-53-33-40(6)31-49-48-30-38(4)12-26-54(48)69(60(49)53)62-59(67)63(70-57)61-58-64(62)71-56-28-21-45(43-18-22-46(23-19-43)65(7,8)9)34-51(56)66(58)50-32-39(5)13-27-55(50)68(61)47-24-10-37(3)11-25-47/h10-36H,1-9H3. The third-order valence-corrected chi connectivity index (χ3v) is 16.0. The van der Waals surface area contributed by atoms with Crippen molar-refractivity contribution in [1.29, 1.82) is 0 Å². The number of aromatic nitrogens is 1. The van der Waals surface area contributed by atoms with Gasteiger partial charge in [-0.3, -0.25) is 0 Å². The Hall–Kier alpha value is -7.69. The molecule has 1 aromatic heterocycles. The van der Waals surface area contributed by atoms with E-state index in [0.29, 0.717) is 5.92 Å². The monoisotopic (exact) mass is 916 g/mol. The first-order chi connectivity index (χ1) is 34.3. The van der Waals surface area contributed by atoms with E-state index in [1.165, 1.54) is 93.8 Å². The number of anilines is 3. The second-order valence-corrected chi connectivity index (χ2v) is 22.2. The average Bonchev–Trinajstić information content (AvgIpc) is 3.68. The predicted molar refractivity (Wildman–Crippen MR) is 300 cm³/mol. The van der Waals surface area contributed by atoms with Gasteiger partial charge in [0, 0.05) is 38.6 Å². The lowest BCUT2D eigenvalue weighted by Crippen LogP contribution is -2.63. The highest BCUT2D eigenvalue weighted by Crippen LogP contribution is 2.51. The van der Waals surface area contributed by atoms with Gasteiger partial charge in [-0.25, -0.2) is 0 Å². The first-order valence-electron chi connectivity index (χ1n) is 25.4. The zero-order chi connectivity index (χ0) is 48.4. The summed E-state index contributed by atoms with van der Waals surface area (Å²) in [5, 5.41) is 2.51. The quantitative estimate of drug-likeness (QED) is 0.165. The van der Waals surface area contributed by atoms with Gasteiger partial charge in [-0.15, -0.1) is 0 Å². The molecule has 6 heteroatoms. The number of aryl methyl sites for hydroxylation is 4. The van der Waals surface area contributed by atoms with Crippen LogP contribution in [-0.4, -0.2) is 18.0 Å². The number of ether oxygens (including phenoxy) is 2. The van der Waals surface area contributed by atoms with Gasteiger partial charge >= 0.3 is 0 Å². The molecule has 14 rings (SSSR count). The lowest BCUT2D eigenvalue weighted by molar-refractivity contribution is 0.475. The van der Waals surface area contributed by atoms with Crippen LogP contribution in [0.15, 0.2) is 158 Å². The van der Waals surface area contributed by atoms with Crippen molar-refractivity contribution in [2.75, 3.05) is 4.90 Å².